The van der Waals surface area contributed by atoms with Crippen molar-refractivity contribution in [2.24, 2.45) is 11.1 Å². The van der Waals surface area contributed by atoms with E-state index in [1.807, 2.05) is 11.3 Å². The van der Waals surface area contributed by atoms with Crippen LogP contribution in [0.4, 0.5) is 0 Å². The molecule has 0 atom stereocenters. The molecule has 0 unspecified atom stereocenters. The highest BCUT2D eigenvalue weighted by Crippen LogP contribution is 2.41. The van der Waals surface area contributed by atoms with E-state index >= 15 is 0 Å². The van der Waals surface area contributed by atoms with Crippen molar-refractivity contribution in [3.05, 3.63) is 20.8 Å². The second-order valence-electron chi connectivity index (χ2n) is 4.29. The van der Waals surface area contributed by atoms with Gasteiger partial charge in [0.15, 0.2) is 0 Å². The number of hydrogen-bond donors (Lipinski definition) is 1. The van der Waals surface area contributed by atoms with E-state index in [9.17, 15) is 0 Å². The fraction of sp³-hybridized carbons (Fsp3) is 0.636. The molecule has 1 heterocycles. The van der Waals surface area contributed by atoms with Crippen molar-refractivity contribution in [2.75, 3.05) is 6.54 Å². The Morgan fingerprint density at radius 2 is 2.07 bits per heavy atom. The third-order valence-corrected chi connectivity index (χ3v) is 4.90. The number of rotatable bonds is 3. The molecular formula is C11H16BrNS. The van der Waals surface area contributed by atoms with Crippen molar-refractivity contribution in [1.29, 1.82) is 0 Å². The van der Waals surface area contributed by atoms with Crippen LogP contribution < -0.4 is 5.73 Å². The Morgan fingerprint density at radius 3 is 2.57 bits per heavy atom. The summed E-state index contributed by atoms with van der Waals surface area (Å²) in [6.45, 7) is 0.850. The fourth-order valence-corrected chi connectivity index (χ4v) is 4.05. The first-order valence-electron chi connectivity index (χ1n) is 5.18. The molecule has 0 saturated heterocycles. The molecule has 1 fully saturated rings. The molecule has 0 bridgehead atoms. The van der Waals surface area contributed by atoms with Gasteiger partial charge in [0.25, 0.3) is 0 Å². The molecule has 0 aromatic carbocycles. The number of hydrogen-bond acceptors (Lipinski definition) is 2. The maximum absolute atomic E-state index is 5.92. The predicted molar refractivity (Wildman–Crippen MR) is 65.7 cm³/mol. The molecule has 2 rings (SSSR count). The van der Waals surface area contributed by atoms with Gasteiger partial charge in [0, 0.05) is 4.88 Å². The van der Waals surface area contributed by atoms with Gasteiger partial charge in [-0.15, -0.1) is 11.3 Å². The van der Waals surface area contributed by atoms with Crippen LogP contribution in [0.1, 0.15) is 30.6 Å². The van der Waals surface area contributed by atoms with Crippen LogP contribution in [-0.4, -0.2) is 6.54 Å². The maximum atomic E-state index is 5.92. The standard InChI is InChI=1S/C11H16BrNS/c12-10-4-3-9(14-10)7-11(8-13)5-1-2-6-11/h3-4H,1-2,5-8,13H2. The molecule has 1 aromatic heterocycles. The van der Waals surface area contributed by atoms with E-state index in [0.29, 0.717) is 5.41 Å². The van der Waals surface area contributed by atoms with E-state index in [2.05, 4.69) is 28.1 Å². The van der Waals surface area contributed by atoms with Crippen molar-refractivity contribution < 1.29 is 0 Å². The molecule has 14 heavy (non-hydrogen) atoms. The minimum atomic E-state index is 0.421. The normalized spacial score (nSPS) is 20.1. The molecular weight excluding hydrogens is 258 g/mol. The van der Waals surface area contributed by atoms with E-state index in [1.165, 1.54) is 40.8 Å². The zero-order valence-corrected chi connectivity index (χ0v) is 10.7. The molecule has 0 aliphatic heterocycles. The first-order chi connectivity index (χ1) is 6.74. The van der Waals surface area contributed by atoms with Crippen LogP contribution in [0.2, 0.25) is 0 Å². The summed E-state index contributed by atoms with van der Waals surface area (Å²) in [5.41, 5.74) is 6.34. The van der Waals surface area contributed by atoms with Crippen LogP contribution >= 0.6 is 27.3 Å². The predicted octanol–water partition coefficient (Wildman–Crippen LogP) is 3.57. The monoisotopic (exact) mass is 273 g/mol. The lowest BCUT2D eigenvalue weighted by Crippen LogP contribution is -2.29. The molecule has 1 aromatic rings. The van der Waals surface area contributed by atoms with Gasteiger partial charge in [-0.2, -0.15) is 0 Å². The molecule has 3 heteroatoms. The Kier molecular flexibility index (Phi) is 3.30. The van der Waals surface area contributed by atoms with E-state index in [1.54, 1.807) is 0 Å². The molecule has 1 saturated carbocycles. The average molecular weight is 274 g/mol. The van der Waals surface area contributed by atoms with E-state index in [-0.39, 0.29) is 0 Å². The summed E-state index contributed by atoms with van der Waals surface area (Å²) in [4.78, 5) is 1.48. The highest BCUT2D eigenvalue weighted by molar-refractivity contribution is 9.11. The van der Waals surface area contributed by atoms with Crippen LogP contribution in [0.25, 0.3) is 0 Å². The van der Waals surface area contributed by atoms with Crippen molar-refractivity contribution in [3.8, 4) is 0 Å². The Morgan fingerprint density at radius 1 is 1.36 bits per heavy atom. The summed E-state index contributed by atoms with van der Waals surface area (Å²) in [5, 5.41) is 0. The van der Waals surface area contributed by atoms with Crippen molar-refractivity contribution in [1.82, 2.24) is 0 Å². The van der Waals surface area contributed by atoms with Gasteiger partial charge in [0.05, 0.1) is 3.79 Å². The quantitative estimate of drug-likeness (QED) is 0.895. The Hall–Kier alpha value is 0.140. The van der Waals surface area contributed by atoms with Gasteiger partial charge in [-0.3, -0.25) is 0 Å². The summed E-state index contributed by atoms with van der Waals surface area (Å²) < 4.78 is 1.23. The summed E-state index contributed by atoms with van der Waals surface area (Å²) in [6.07, 6.45) is 6.55. The highest BCUT2D eigenvalue weighted by Gasteiger charge is 2.32. The molecule has 0 amide bonds. The van der Waals surface area contributed by atoms with Gasteiger partial charge >= 0.3 is 0 Å². The van der Waals surface area contributed by atoms with Crippen LogP contribution in [0, 0.1) is 5.41 Å². The first kappa shape index (κ1) is 10.7. The van der Waals surface area contributed by atoms with Crippen LogP contribution in [-0.2, 0) is 6.42 Å². The Labute approximate surface area is 97.8 Å². The summed E-state index contributed by atoms with van der Waals surface area (Å²) in [6, 6.07) is 4.36. The van der Waals surface area contributed by atoms with Crippen molar-refractivity contribution >= 4 is 27.3 Å². The molecule has 0 spiro atoms. The topological polar surface area (TPSA) is 26.0 Å². The Bertz CT molecular complexity index is 302. The summed E-state index contributed by atoms with van der Waals surface area (Å²) in [5.74, 6) is 0. The summed E-state index contributed by atoms with van der Waals surface area (Å²) in [7, 11) is 0. The zero-order chi connectivity index (χ0) is 10.0. The first-order valence-corrected chi connectivity index (χ1v) is 6.79. The molecule has 0 radical (unpaired) electrons. The van der Waals surface area contributed by atoms with Gasteiger partial charge in [-0.25, -0.2) is 0 Å². The smallest absolute Gasteiger partial charge is 0.0701 e. The van der Waals surface area contributed by atoms with Gasteiger partial charge < -0.3 is 5.73 Å². The third-order valence-electron chi connectivity index (χ3n) is 3.28. The SMILES string of the molecule is NCC1(Cc2ccc(Br)s2)CCCC1. The largest absolute Gasteiger partial charge is 0.330 e. The van der Waals surface area contributed by atoms with Crippen LogP contribution in [0.3, 0.4) is 0 Å². The van der Waals surface area contributed by atoms with Gasteiger partial charge in [-0.05, 0) is 59.3 Å². The molecule has 2 N–H and O–H groups in total. The van der Waals surface area contributed by atoms with E-state index in [0.717, 1.165) is 6.54 Å². The molecule has 1 aliphatic rings. The molecule has 78 valence electrons. The van der Waals surface area contributed by atoms with Gasteiger partial charge in [-0.1, -0.05) is 12.8 Å². The third kappa shape index (κ3) is 2.20. The summed E-state index contributed by atoms with van der Waals surface area (Å²) >= 11 is 5.36. The fourth-order valence-electron chi connectivity index (χ4n) is 2.39. The molecule has 1 nitrogen and oxygen atoms in total. The van der Waals surface area contributed by atoms with Crippen LogP contribution in [0.15, 0.2) is 15.9 Å². The van der Waals surface area contributed by atoms with Crippen molar-refractivity contribution in [2.45, 2.75) is 32.1 Å². The van der Waals surface area contributed by atoms with Crippen molar-refractivity contribution in [3.63, 3.8) is 0 Å². The van der Waals surface area contributed by atoms with Gasteiger partial charge in [0.1, 0.15) is 0 Å². The Balaban J connectivity index is 2.08. The number of thiophene rings is 1. The second-order valence-corrected chi connectivity index (χ2v) is 6.84. The molecule has 1 aliphatic carbocycles. The minimum absolute atomic E-state index is 0.421. The van der Waals surface area contributed by atoms with Crippen LogP contribution in [0.5, 0.6) is 0 Å². The highest BCUT2D eigenvalue weighted by atomic mass is 79.9. The maximum Gasteiger partial charge on any atom is 0.0701 e. The average Bonchev–Trinajstić information content (AvgIpc) is 2.77. The zero-order valence-electron chi connectivity index (χ0n) is 8.26. The van der Waals surface area contributed by atoms with Gasteiger partial charge in [0.2, 0.25) is 0 Å². The lowest BCUT2D eigenvalue weighted by Gasteiger charge is -2.26. The lowest BCUT2D eigenvalue weighted by molar-refractivity contribution is 0.309. The second kappa shape index (κ2) is 4.33. The number of halogens is 1. The van der Waals surface area contributed by atoms with E-state index in [4.69, 9.17) is 5.73 Å². The number of nitrogens with two attached hydrogens (primary N) is 1. The van der Waals surface area contributed by atoms with E-state index < -0.39 is 0 Å². The lowest BCUT2D eigenvalue weighted by atomic mass is 9.82. The minimum Gasteiger partial charge on any atom is -0.330 e.